The van der Waals surface area contributed by atoms with E-state index in [1.165, 1.54) is 0 Å². The van der Waals surface area contributed by atoms with E-state index in [0.717, 1.165) is 27.1 Å². The van der Waals surface area contributed by atoms with Crippen molar-refractivity contribution in [3.63, 3.8) is 0 Å². The van der Waals surface area contributed by atoms with Crippen LogP contribution in [0.15, 0.2) is 47.5 Å². The molecule has 0 aliphatic heterocycles. The van der Waals surface area contributed by atoms with Crippen LogP contribution in [0.25, 0.3) is 0 Å². The first-order chi connectivity index (χ1) is 7.74. The van der Waals surface area contributed by atoms with Crippen molar-refractivity contribution in [1.29, 1.82) is 0 Å². The standard InChI is InChI=1S/C12H11ClN2S/c13-9-4-5-15-11(6-9)8-16-12-3-1-2-10(14)7-12/h1-7H,8,14H2. The van der Waals surface area contributed by atoms with E-state index in [4.69, 9.17) is 17.3 Å². The number of thioether (sulfide) groups is 1. The van der Waals surface area contributed by atoms with Crippen LogP contribution in [0, 0.1) is 0 Å². The van der Waals surface area contributed by atoms with E-state index in [1.54, 1.807) is 24.0 Å². The molecule has 0 radical (unpaired) electrons. The Balaban J connectivity index is 2.02. The summed E-state index contributed by atoms with van der Waals surface area (Å²) in [6.07, 6.45) is 1.72. The van der Waals surface area contributed by atoms with Crippen LogP contribution in [-0.4, -0.2) is 4.98 Å². The summed E-state index contributed by atoms with van der Waals surface area (Å²) in [7, 11) is 0. The lowest BCUT2D eigenvalue weighted by Gasteiger charge is -2.02. The summed E-state index contributed by atoms with van der Waals surface area (Å²) in [5.74, 6) is 0.796. The fourth-order valence-electron chi connectivity index (χ4n) is 1.29. The van der Waals surface area contributed by atoms with Crippen LogP contribution in [0.5, 0.6) is 0 Å². The van der Waals surface area contributed by atoms with Crippen molar-refractivity contribution in [2.24, 2.45) is 0 Å². The summed E-state index contributed by atoms with van der Waals surface area (Å²) in [5, 5.41) is 0.721. The Morgan fingerprint density at radius 3 is 2.88 bits per heavy atom. The summed E-state index contributed by atoms with van der Waals surface area (Å²) >= 11 is 7.58. The molecule has 1 heterocycles. The summed E-state index contributed by atoms with van der Waals surface area (Å²) in [5.41, 5.74) is 7.46. The Labute approximate surface area is 104 Å². The van der Waals surface area contributed by atoms with Gasteiger partial charge < -0.3 is 5.73 Å². The topological polar surface area (TPSA) is 38.9 Å². The van der Waals surface area contributed by atoms with Crippen LogP contribution in [0.4, 0.5) is 5.69 Å². The Kier molecular flexibility index (Phi) is 3.70. The molecular weight excluding hydrogens is 240 g/mol. The van der Waals surface area contributed by atoms with E-state index in [0.29, 0.717) is 0 Å². The van der Waals surface area contributed by atoms with Gasteiger partial charge in [0.15, 0.2) is 0 Å². The Morgan fingerprint density at radius 1 is 1.25 bits per heavy atom. The van der Waals surface area contributed by atoms with Crippen molar-refractivity contribution in [2.45, 2.75) is 10.6 Å². The molecule has 0 amide bonds. The first kappa shape index (κ1) is 11.3. The third kappa shape index (κ3) is 3.15. The number of rotatable bonds is 3. The van der Waals surface area contributed by atoms with Gasteiger partial charge in [0.05, 0.1) is 5.69 Å². The third-order valence-corrected chi connectivity index (χ3v) is 3.29. The molecule has 0 atom stereocenters. The van der Waals surface area contributed by atoms with Crippen molar-refractivity contribution < 1.29 is 0 Å². The van der Waals surface area contributed by atoms with Crippen molar-refractivity contribution >= 4 is 29.1 Å². The minimum atomic E-state index is 0.721. The van der Waals surface area contributed by atoms with Gasteiger partial charge in [0.25, 0.3) is 0 Å². The minimum Gasteiger partial charge on any atom is -0.399 e. The number of nitrogen functional groups attached to an aromatic ring is 1. The third-order valence-electron chi connectivity index (χ3n) is 2.02. The summed E-state index contributed by atoms with van der Waals surface area (Å²) in [6, 6.07) is 11.5. The molecule has 0 aliphatic rings. The zero-order chi connectivity index (χ0) is 11.4. The van der Waals surface area contributed by atoms with Gasteiger partial charge in [-0.05, 0) is 30.3 Å². The highest BCUT2D eigenvalue weighted by Gasteiger charge is 1.98. The number of benzene rings is 1. The molecule has 1 aromatic carbocycles. The van der Waals surface area contributed by atoms with Crippen molar-refractivity contribution in [2.75, 3.05) is 5.73 Å². The number of aromatic nitrogens is 1. The molecule has 1 aromatic heterocycles. The second-order valence-corrected chi connectivity index (χ2v) is 4.81. The summed E-state index contributed by atoms with van der Waals surface area (Å²) < 4.78 is 0. The number of hydrogen-bond donors (Lipinski definition) is 1. The Bertz CT molecular complexity index is 442. The molecule has 0 spiro atoms. The molecule has 0 saturated heterocycles. The van der Waals surface area contributed by atoms with E-state index in [1.807, 2.05) is 30.3 Å². The van der Waals surface area contributed by atoms with Crippen LogP contribution >= 0.6 is 23.4 Å². The average Bonchev–Trinajstić information content (AvgIpc) is 2.27. The number of halogens is 1. The molecular formula is C12H11ClN2S. The molecule has 0 fully saturated rings. The lowest BCUT2D eigenvalue weighted by atomic mass is 10.3. The van der Waals surface area contributed by atoms with E-state index in [2.05, 4.69) is 4.98 Å². The zero-order valence-electron chi connectivity index (χ0n) is 8.56. The molecule has 82 valence electrons. The fraction of sp³-hybridized carbons (Fsp3) is 0.0833. The van der Waals surface area contributed by atoms with Gasteiger partial charge in [-0.25, -0.2) is 0 Å². The van der Waals surface area contributed by atoms with Gasteiger partial charge in [0.1, 0.15) is 0 Å². The first-order valence-corrected chi connectivity index (χ1v) is 6.19. The largest absolute Gasteiger partial charge is 0.399 e. The summed E-state index contributed by atoms with van der Waals surface area (Å²) in [6.45, 7) is 0. The van der Waals surface area contributed by atoms with Crippen molar-refractivity contribution in [1.82, 2.24) is 4.98 Å². The SMILES string of the molecule is Nc1cccc(SCc2cc(Cl)ccn2)c1. The van der Waals surface area contributed by atoms with Crippen LogP contribution in [0.2, 0.25) is 5.02 Å². The van der Waals surface area contributed by atoms with E-state index in [-0.39, 0.29) is 0 Å². The molecule has 2 nitrogen and oxygen atoms in total. The predicted molar refractivity (Wildman–Crippen MR) is 69.7 cm³/mol. The lowest BCUT2D eigenvalue weighted by Crippen LogP contribution is -1.87. The van der Waals surface area contributed by atoms with Gasteiger partial charge in [0.2, 0.25) is 0 Å². The highest BCUT2D eigenvalue weighted by atomic mass is 35.5. The lowest BCUT2D eigenvalue weighted by molar-refractivity contribution is 1.17. The molecule has 0 unspecified atom stereocenters. The van der Waals surface area contributed by atoms with Crippen LogP contribution < -0.4 is 5.73 Å². The van der Waals surface area contributed by atoms with E-state index in [9.17, 15) is 0 Å². The maximum atomic E-state index is 5.88. The second-order valence-electron chi connectivity index (χ2n) is 3.33. The number of hydrogen-bond acceptors (Lipinski definition) is 3. The molecule has 2 rings (SSSR count). The van der Waals surface area contributed by atoms with Gasteiger partial charge in [-0.3, -0.25) is 4.98 Å². The van der Waals surface area contributed by atoms with Gasteiger partial charge >= 0.3 is 0 Å². The quantitative estimate of drug-likeness (QED) is 0.668. The van der Waals surface area contributed by atoms with Crippen LogP contribution in [0.1, 0.15) is 5.69 Å². The van der Waals surface area contributed by atoms with Crippen LogP contribution in [-0.2, 0) is 5.75 Å². The van der Waals surface area contributed by atoms with Gasteiger partial charge in [-0.15, -0.1) is 11.8 Å². The highest BCUT2D eigenvalue weighted by molar-refractivity contribution is 7.98. The highest BCUT2D eigenvalue weighted by Crippen LogP contribution is 2.24. The molecule has 0 aliphatic carbocycles. The molecule has 4 heteroatoms. The monoisotopic (exact) mass is 250 g/mol. The fourth-order valence-corrected chi connectivity index (χ4v) is 2.34. The maximum absolute atomic E-state index is 5.88. The molecule has 0 bridgehead atoms. The Morgan fingerprint density at radius 2 is 2.12 bits per heavy atom. The summed E-state index contributed by atoms with van der Waals surface area (Å²) in [4.78, 5) is 5.38. The molecule has 2 aromatic rings. The van der Waals surface area contributed by atoms with E-state index >= 15 is 0 Å². The molecule has 16 heavy (non-hydrogen) atoms. The van der Waals surface area contributed by atoms with Crippen LogP contribution in [0.3, 0.4) is 0 Å². The number of anilines is 1. The minimum absolute atomic E-state index is 0.721. The van der Waals surface area contributed by atoms with Crippen molar-refractivity contribution in [3.8, 4) is 0 Å². The van der Waals surface area contributed by atoms with Gasteiger partial charge in [0, 0.05) is 27.6 Å². The average molecular weight is 251 g/mol. The zero-order valence-corrected chi connectivity index (χ0v) is 10.1. The smallest absolute Gasteiger partial charge is 0.0521 e. The second kappa shape index (κ2) is 5.23. The first-order valence-electron chi connectivity index (χ1n) is 4.83. The number of nitrogens with two attached hydrogens (primary N) is 1. The normalized spacial score (nSPS) is 10.3. The number of pyridine rings is 1. The van der Waals surface area contributed by atoms with E-state index < -0.39 is 0 Å². The molecule has 2 N–H and O–H groups in total. The number of nitrogens with zero attached hydrogens (tertiary/aromatic N) is 1. The maximum Gasteiger partial charge on any atom is 0.0521 e. The predicted octanol–water partition coefficient (Wildman–Crippen LogP) is 3.61. The van der Waals surface area contributed by atoms with Crippen molar-refractivity contribution in [3.05, 3.63) is 53.3 Å². The Hall–Kier alpha value is -1.19. The van der Waals surface area contributed by atoms with Gasteiger partial charge in [-0.1, -0.05) is 17.7 Å². The molecule has 0 saturated carbocycles. The van der Waals surface area contributed by atoms with Gasteiger partial charge in [-0.2, -0.15) is 0 Å².